The predicted molar refractivity (Wildman–Crippen MR) is 57.3 cm³/mol. The SMILES string of the molecule is Cc1ccc(F)cc1C1CCC(=O)C1C. The Bertz CT molecular complexity index is 398. The van der Waals surface area contributed by atoms with Crippen LogP contribution in [0, 0.1) is 18.7 Å². The maximum atomic E-state index is 13.1. The van der Waals surface area contributed by atoms with Crippen molar-refractivity contribution >= 4 is 5.78 Å². The summed E-state index contributed by atoms with van der Waals surface area (Å²) >= 11 is 0. The van der Waals surface area contributed by atoms with Crippen molar-refractivity contribution in [1.29, 1.82) is 0 Å². The molecule has 1 aliphatic rings. The van der Waals surface area contributed by atoms with E-state index in [4.69, 9.17) is 0 Å². The minimum atomic E-state index is -0.206. The fourth-order valence-electron chi connectivity index (χ4n) is 2.44. The Morgan fingerprint density at radius 1 is 1.40 bits per heavy atom. The molecular formula is C13H15FO. The van der Waals surface area contributed by atoms with E-state index in [2.05, 4.69) is 0 Å². The number of carbonyl (C=O) groups is 1. The number of hydrogen-bond acceptors (Lipinski definition) is 1. The Morgan fingerprint density at radius 3 is 2.73 bits per heavy atom. The highest BCUT2D eigenvalue weighted by molar-refractivity contribution is 5.84. The Morgan fingerprint density at radius 2 is 2.13 bits per heavy atom. The number of benzene rings is 1. The minimum absolute atomic E-state index is 0.0468. The molecule has 0 saturated heterocycles. The fourth-order valence-corrected chi connectivity index (χ4v) is 2.44. The molecule has 0 bridgehead atoms. The lowest BCUT2D eigenvalue weighted by atomic mass is 9.87. The molecule has 1 aromatic rings. The number of rotatable bonds is 1. The van der Waals surface area contributed by atoms with Crippen LogP contribution in [0.5, 0.6) is 0 Å². The van der Waals surface area contributed by atoms with Crippen LogP contribution >= 0.6 is 0 Å². The van der Waals surface area contributed by atoms with E-state index in [9.17, 15) is 9.18 Å². The van der Waals surface area contributed by atoms with Crippen molar-refractivity contribution in [2.45, 2.75) is 32.6 Å². The van der Waals surface area contributed by atoms with E-state index in [-0.39, 0.29) is 17.7 Å². The van der Waals surface area contributed by atoms with Gasteiger partial charge in [0, 0.05) is 12.3 Å². The number of carbonyl (C=O) groups excluding carboxylic acids is 1. The Hall–Kier alpha value is -1.18. The van der Waals surface area contributed by atoms with Crippen LogP contribution < -0.4 is 0 Å². The van der Waals surface area contributed by atoms with E-state index >= 15 is 0 Å². The molecule has 0 aromatic heterocycles. The van der Waals surface area contributed by atoms with Gasteiger partial charge in [-0.25, -0.2) is 4.39 Å². The van der Waals surface area contributed by atoms with E-state index < -0.39 is 0 Å². The van der Waals surface area contributed by atoms with Gasteiger partial charge in [0.05, 0.1) is 0 Å². The molecule has 0 aliphatic heterocycles. The summed E-state index contributed by atoms with van der Waals surface area (Å²) in [5, 5.41) is 0. The Balaban J connectivity index is 2.37. The summed E-state index contributed by atoms with van der Waals surface area (Å²) in [6.07, 6.45) is 1.51. The van der Waals surface area contributed by atoms with Gasteiger partial charge in [-0.1, -0.05) is 13.0 Å². The zero-order valence-electron chi connectivity index (χ0n) is 9.09. The maximum Gasteiger partial charge on any atom is 0.136 e. The quantitative estimate of drug-likeness (QED) is 0.689. The number of halogens is 1. The second kappa shape index (κ2) is 3.76. The molecule has 0 N–H and O–H groups in total. The second-order valence-electron chi connectivity index (χ2n) is 4.40. The zero-order valence-corrected chi connectivity index (χ0v) is 9.09. The smallest absolute Gasteiger partial charge is 0.136 e. The molecule has 0 amide bonds. The molecule has 2 unspecified atom stereocenters. The monoisotopic (exact) mass is 206 g/mol. The highest BCUT2D eigenvalue weighted by Gasteiger charge is 2.32. The summed E-state index contributed by atoms with van der Waals surface area (Å²) in [5.41, 5.74) is 2.09. The molecular weight excluding hydrogens is 191 g/mol. The van der Waals surface area contributed by atoms with Crippen LogP contribution in [0.1, 0.15) is 36.8 Å². The summed E-state index contributed by atoms with van der Waals surface area (Å²) in [5.74, 6) is 0.365. The van der Waals surface area contributed by atoms with E-state index in [0.717, 1.165) is 17.5 Å². The van der Waals surface area contributed by atoms with Gasteiger partial charge >= 0.3 is 0 Å². The fraction of sp³-hybridized carbons (Fsp3) is 0.462. The lowest BCUT2D eigenvalue weighted by Gasteiger charge is -2.17. The first kappa shape index (κ1) is 10.3. The van der Waals surface area contributed by atoms with E-state index in [1.165, 1.54) is 6.07 Å². The molecule has 2 rings (SSSR count). The van der Waals surface area contributed by atoms with Crippen LogP contribution in [0.4, 0.5) is 4.39 Å². The lowest BCUT2D eigenvalue weighted by molar-refractivity contribution is -0.120. The summed E-state index contributed by atoms with van der Waals surface area (Å²) < 4.78 is 13.1. The number of aryl methyl sites for hydroxylation is 1. The Labute approximate surface area is 89.3 Å². The molecule has 2 atom stereocenters. The molecule has 0 spiro atoms. The number of ketones is 1. The average Bonchev–Trinajstić information content (AvgIpc) is 2.52. The molecule has 1 aromatic carbocycles. The van der Waals surface area contributed by atoms with Gasteiger partial charge in [0.2, 0.25) is 0 Å². The van der Waals surface area contributed by atoms with E-state index in [1.807, 2.05) is 13.8 Å². The zero-order chi connectivity index (χ0) is 11.0. The number of Topliss-reactive ketones (excluding diaryl/α,β-unsaturated/α-hetero) is 1. The molecule has 1 saturated carbocycles. The van der Waals surface area contributed by atoms with Crippen LogP contribution in [0.2, 0.25) is 0 Å². The average molecular weight is 206 g/mol. The first-order chi connectivity index (χ1) is 7.09. The Kier molecular flexibility index (Phi) is 2.59. The molecule has 1 nitrogen and oxygen atoms in total. The van der Waals surface area contributed by atoms with Crippen LogP contribution in [-0.4, -0.2) is 5.78 Å². The topological polar surface area (TPSA) is 17.1 Å². The second-order valence-corrected chi connectivity index (χ2v) is 4.40. The van der Waals surface area contributed by atoms with Gasteiger partial charge in [0.15, 0.2) is 0 Å². The van der Waals surface area contributed by atoms with Crippen LogP contribution in [0.3, 0.4) is 0 Å². The normalized spacial score (nSPS) is 25.9. The van der Waals surface area contributed by atoms with Gasteiger partial charge in [0.1, 0.15) is 11.6 Å². The molecule has 1 aliphatic carbocycles. The van der Waals surface area contributed by atoms with Crippen molar-refractivity contribution in [2.75, 3.05) is 0 Å². The summed E-state index contributed by atoms with van der Waals surface area (Å²) in [6, 6.07) is 4.84. The predicted octanol–water partition coefficient (Wildman–Crippen LogP) is 3.22. The van der Waals surface area contributed by atoms with Gasteiger partial charge in [0.25, 0.3) is 0 Å². The molecule has 15 heavy (non-hydrogen) atoms. The third-order valence-electron chi connectivity index (χ3n) is 3.45. The first-order valence-electron chi connectivity index (χ1n) is 5.38. The third kappa shape index (κ3) is 1.81. The van der Waals surface area contributed by atoms with Crippen LogP contribution in [0.25, 0.3) is 0 Å². The van der Waals surface area contributed by atoms with Gasteiger partial charge < -0.3 is 0 Å². The van der Waals surface area contributed by atoms with Crippen molar-refractivity contribution in [3.05, 3.63) is 35.1 Å². The van der Waals surface area contributed by atoms with Crippen LogP contribution in [0.15, 0.2) is 18.2 Å². The largest absolute Gasteiger partial charge is 0.299 e. The van der Waals surface area contributed by atoms with Gasteiger partial charge in [-0.2, -0.15) is 0 Å². The van der Waals surface area contributed by atoms with E-state index in [0.29, 0.717) is 12.2 Å². The van der Waals surface area contributed by atoms with Gasteiger partial charge in [-0.05, 0) is 42.5 Å². The summed E-state index contributed by atoms with van der Waals surface area (Å²) in [4.78, 5) is 11.5. The minimum Gasteiger partial charge on any atom is -0.299 e. The highest BCUT2D eigenvalue weighted by atomic mass is 19.1. The standard InChI is InChI=1S/C13H15FO/c1-8-3-4-10(14)7-12(8)11-5-6-13(15)9(11)2/h3-4,7,9,11H,5-6H2,1-2H3. The van der Waals surface area contributed by atoms with Crippen molar-refractivity contribution in [3.8, 4) is 0 Å². The highest BCUT2D eigenvalue weighted by Crippen LogP contribution is 2.38. The van der Waals surface area contributed by atoms with Crippen molar-refractivity contribution in [1.82, 2.24) is 0 Å². The molecule has 0 radical (unpaired) electrons. The number of hydrogen-bond donors (Lipinski definition) is 0. The van der Waals surface area contributed by atoms with Gasteiger partial charge in [-0.3, -0.25) is 4.79 Å². The molecule has 0 heterocycles. The molecule has 2 heteroatoms. The third-order valence-corrected chi connectivity index (χ3v) is 3.45. The first-order valence-corrected chi connectivity index (χ1v) is 5.38. The lowest BCUT2D eigenvalue weighted by Crippen LogP contribution is -2.10. The maximum absolute atomic E-state index is 13.1. The molecule has 1 fully saturated rings. The summed E-state index contributed by atoms with van der Waals surface area (Å²) in [6.45, 7) is 3.93. The van der Waals surface area contributed by atoms with Crippen molar-refractivity contribution in [3.63, 3.8) is 0 Å². The van der Waals surface area contributed by atoms with E-state index in [1.54, 1.807) is 12.1 Å². The summed E-state index contributed by atoms with van der Waals surface area (Å²) in [7, 11) is 0. The van der Waals surface area contributed by atoms with Crippen molar-refractivity contribution in [2.24, 2.45) is 5.92 Å². The molecule has 80 valence electrons. The van der Waals surface area contributed by atoms with Crippen LogP contribution in [-0.2, 0) is 4.79 Å². The van der Waals surface area contributed by atoms with Gasteiger partial charge in [-0.15, -0.1) is 0 Å². The van der Waals surface area contributed by atoms with Crippen molar-refractivity contribution < 1.29 is 9.18 Å².